The zero-order valence-corrected chi connectivity index (χ0v) is 17.9. The molecule has 0 spiro atoms. The maximum Gasteiger partial charge on any atom is 0.230 e. The van der Waals surface area contributed by atoms with E-state index in [-0.39, 0.29) is 12.0 Å². The van der Waals surface area contributed by atoms with Gasteiger partial charge in [-0.1, -0.05) is 31.5 Å². The van der Waals surface area contributed by atoms with E-state index >= 15 is 0 Å². The summed E-state index contributed by atoms with van der Waals surface area (Å²) in [5.74, 6) is 1.51. The Hall–Kier alpha value is -2.89. The highest BCUT2D eigenvalue weighted by Crippen LogP contribution is 2.26. The standard InChI is InChI=1S/C21H25ClN8/c1-13(2)16-12-26-30-19(16)27-21(29-8-6-15(24)7-9-29)28-20(30)25-11-17-14(10-23)4-3-5-18(17)22/h3-5,12-13,15H,6-9,11,24H2,1-2H3,(H,25,27,28). The summed E-state index contributed by atoms with van der Waals surface area (Å²) in [6.07, 6.45) is 3.67. The molecule has 1 aromatic carbocycles. The van der Waals surface area contributed by atoms with Crippen LogP contribution in [-0.2, 0) is 6.54 Å². The van der Waals surface area contributed by atoms with Crippen molar-refractivity contribution in [1.82, 2.24) is 19.6 Å². The summed E-state index contributed by atoms with van der Waals surface area (Å²) in [7, 11) is 0. The summed E-state index contributed by atoms with van der Waals surface area (Å²) in [5, 5.41) is 17.8. The molecule has 0 aliphatic carbocycles. The van der Waals surface area contributed by atoms with Gasteiger partial charge in [0, 0.05) is 41.8 Å². The monoisotopic (exact) mass is 424 g/mol. The van der Waals surface area contributed by atoms with Crippen LogP contribution in [0.2, 0.25) is 5.02 Å². The molecule has 0 amide bonds. The number of nitriles is 1. The van der Waals surface area contributed by atoms with Crippen LogP contribution in [0.25, 0.3) is 5.65 Å². The predicted octanol–water partition coefficient (Wildman–Crippen LogP) is 3.31. The number of aromatic nitrogens is 4. The minimum absolute atomic E-state index is 0.230. The van der Waals surface area contributed by atoms with Crippen LogP contribution in [0.5, 0.6) is 0 Å². The van der Waals surface area contributed by atoms with Crippen molar-refractivity contribution in [3.8, 4) is 6.07 Å². The Morgan fingerprint density at radius 3 is 2.77 bits per heavy atom. The number of benzene rings is 1. The zero-order valence-electron chi connectivity index (χ0n) is 17.1. The van der Waals surface area contributed by atoms with Gasteiger partial charge in [0.1, 0.15) is 0 Å². The number of nitrogens with one attached hydrogen (secondary N) is 1. The van der Waals surface area contributed by atoms with Crippen LogP contribution in [0.15, 0.2) is 24.4 Å². The molecule has 0 unspecified atom stereocenters. The number of fused-ring (bicyclic) bond motifs is 1. The van der Waals surface area contributed by atoms with E-state index < -0.39 is 0 Å². The third kappa shape index (κ3) is 3.91. The first kappa shape index (κ1) is 20.4. The van der Waals surface area contributed by atoms with Gasteiger partial charge >= 0.3 is 0 Å². The van der Waals surface area contributed by atoms with Crippen molar-refractivity contribution >= 4 is 29.1 Å². The van der Waals surface area contributed by atoms with Gasteiger partial charge in [-0.15, -0.1) is 0 Å². The quantitative estimate of drug-likeness (QED) is 0.646. The van der Waals surface area contributed by atoms with Crippen molar-refractivity contribution in [2.45, 2.75) is 45.2 Å². The van der Waals surface area contributed by atoms with Gasteiger partial charge in [0.25, 0.3) is 0 Å². The van der Waals surface area contributed by atoms with Crippen molar-refractivity contribution < 1.29 is 0 Å². The lowest BCUT2D eigenvalue weighted by Crippen LogP contribution is -2.40. The fourth-order valence-corrected chi connectivity index (χ4v) is 3.90. The number of hydrogen-bond acceptors (Lipinski definition) is 7. The fourth-order valence-electron chi connectivity index (χ4n) is 3.66. The molecular weight excluding hydrogens is 400 g/mol. The summed E-state index contributed by atoms with van der Waals surface area (Å²) in [5.41, 5.74) is 9.18. The Bertz CT molecular complexity index is 1090. The predicted molar refractivity (Wildman–Crippen MR) is 118 cm³/mol. The highest BCUT2D eigenvalue weighted by Gasteiger charge is 2.22. The second kappa shape index (κ2) is 8.46. The number of anilines is 2. The molecule has 1 aliphatic rings. The van der Waals surface area contributed by atoms with Crippen molar-refractivity contribution in [2.75, 3.05) is 23.3 Å². The SMILES string of the molecule is CC(C)c1cnn2c(NCc3c(Cl)cccc3C#N)nc(N3CCC(N)CC3)nc12. The Morgan fingerprint density at radius 2 is 2.07 bits per heavy atom. The van der Waals surface area contributed by atoms with Gasteiger partial charge in [0.05, 0.1) is 17.8 Å². The van der Waals surface area contributed by atoms with Gasteiger partial charge in [-0.3, -0.25) is 0 Å². The first-order valence-electron chi connectivity index (χ1n) is 10.2. The molecule has 3 aromatic rings. The molecule has 30 heavy (non-hydrogen) atoms. The number of halogens is 1. The fraction of sp³-hybridized carbons (Fsp3) is 0.429. The van der Waals surface area contributed by atoms with E-state index in [9.17, 15) is 5.26 Å². The molecule has 0 bridgehead atoms. The Morgan fingerprint density at radius 1 is 1.30 bits per heavy atom. The number of piperidine rings is 1. The number of nitrogens with two attached hydrogens (primary N) is 1. The smallest absolute Gasteiger partial charge is 0.230 e. The largest absolute Gasteiger partial charge is 0.350 e. The van der Waals surface area contributed by atoms with Crippen LogP contribution in [0.1, 0.15) is 49.3 Å². The second-order valence-electron chi connectivity index (χ2n) is 7.89. The van der Waals surface area contributed by atoms with Crippen LogP contribution >= 0.6 is 11.6 Å². The topological polar surface area (TPSA) is 108 Å². The molecule has 0 radical (unpaired) electrons. The molecule has 156 valence electrons. The van der Waals surface area contributed by atoms with E-state index in [0.29, 0.717) is 29.0 Å². The van der Waals surface area contributed by atoms with Crippen LogP contribution in [0.3, 0.4) is 0 Å². The molecule has 1 aliphatic heterocycles. The van der Waals surface area contributed by atoms with Gasteiger partial charge in [-0.25, -0.2) is 0 Å². The van der Waals surface area contributed by atoms with Crippen LogP contribution in [0.4, 0.5) is 11.9 Å². The van der Waals surface area contributed by atoms with Gasteiger partial charge in [0.2, 0.25) is 11.9 Å². The van der Waals surface area contributed by atoms with Crippen molar-refractivity contribution in [3.05, 3.63) is 46.1 Å². The second-order valence-corrected chi connectivity index (χ2v) is 8.30. The van der Waals surface area contributed by atoms with Gasteiger partial charge in [-0.2, -0.15) is 24.8 Å². The number of hydrogen-bond donors (Lipinski definition) is 2. The molecule has 1 saturated heterocycles. The average Bonchev–Trinajstić information content (AvgIpc) is 3.17. The summed E-state index contributed by atoms with van der Waals surface area (Å²) < 4.78 is 1.72. The van der Waals surface area contributed by atoms with E-state index in [2.05, 4.69) is 35.2 Å². The zero-order chi connectivity index (χ0) is 21.3. The van der Waals surface area contributed by atoms with Crippen molar-refractivity contribution in [1.29, 1.82) is 5.26 Å². The highest BCUT2D eigenvalue weighted by atomic mass is 35.5. The number of nitrogens with zero attached hydrogens (tertiary/aromatic N) is 6. The average molecular weight is 425 g/mol. The van der Waals surface area contributed by atoms with E-state index in [1.807, 2.05) is 6.20 Å². The Labute approximate surface area is 180 Å². The third-order valence-electron chi connectivity index (χ3n) is 5.49. The molecule has 9 heteroatoms. The van der Waals surface area contributed by atoms with Crippen LogP contribution < -0.4 is 16.0 Å². The summed E-state index contributed by atoms with van der Waals surface area (Å²) in [6.45, 7) is 6.25. The van der Waals surface area contributed by atoms with Crippen molar-refractivity contribution in [2.24, 2.45) is 5.73 Å². The molecule has 4 rings (SSSR count). The lowest BCUT2D eigenvalue weighted by Gasteiger charge is -2.30. The molecular formula is C21H25ClN8. The first-order chi connectivity index (χ1) is 14.5. The molecule has 8 nitrogen and oxygen atoms in total. The molecule has 3 heterocycles. The van der Waals surface area contributed by atoms with E-state index in [1.54, 1.807) is 22.7 Å². The maximum absolute atomic E-state index is 9.42. The minimum Gasteiger partial charge on any atom is -0.350 e. The molecule has 0 atom stereocenters. The van der Waals surface area contributed by atoms with E-state index in [0.717, 1.165) is 42.7 Å². The normalized spacial score (nSPS) is 15.0. The molecule has 3 N–H and O–H groups in total. The Balaban J connectivity index is 1.72. The lowest BCUT2D eigenvalue weighted by molar-refractivity contribution is 0.495. The summed E-state index contributed by atoms with van der Waals surface area (Å²) >= 11 is 6.34. The van der Waals surface area contributed by atoms with E-state index in [4.69, 9.17) is 27.3 Å². The van der Waals surface area contributed by atoms with Crippen LogP contribution in [0, 0.1) is 11.3 Å². The third-order valence-corrected chi connectivity index (χ3v) is 5.84. The maximum atomic E-state index is 9.42. The lowest BCUT2D eigenvalue weighted by atomic mass is 10.1. The van der Waals surface area contributed by atoms with Gasteiger partial charge < -0.3 is 16.0 Å². The minimum atomic E-state index is 0.230. The summed E-state index contributed by atoms with van der Waals surface area (Å²) in [6, 6.07) is 7.73. The first-order valence-corrected chi connectivity index (χ1v) is 10.5. The molecule has 1 fully saturated rings. The van der Waals surface area contributed by atoms with Gasteiger partial charge in [-0.05, 0) is 30.9 Å². The van der Waals surface area contributed by atoms with Gasteiger partial charge in [0.15, 0.2) is 5.65 Å². The highest BCUT2D eigenvalue weighted by molar-refractivity contribution is 6.31. The Kier molecular flexibility index (Phi) is 5.75. The summed E-state index contributed by atoms with van der Waals surface area (Å²) in [4.78, 5) is 11.8. The molecule has 2 aromatic heterocycles. The number of rotatable bonds is 5. The van der Waals surface area contributed by atoms with Crippen LogP contribution in [-0.4, -0.2) is 38.7 Å². The van der Waals surface area contributed by atoms with Crippen molar-refractivity contribution in [3.63, 3.8) is 0 Å². The van der Waals surface area contributed by atoms with E-state index in [1.165, 1.54) is 0 Å². The molecule has 0 saturated carbocycles.